The number of rotatable bonds is 11. The van der Waals surface area contributed by atoms with Gasteiger partial charge >= 0.3 is 5.97 Å². The van der Waals surface area contributed by atoms with Gasteiger partial charge < -0.3 is 14.9 Å². The molecule has 1 saturated carbocycles. The molecule has 2 N–H and O–H groups in total. The SMILES string of the molecule is COC(=O)CCC=C[C@H]1C=C2C[C@@H](O)[C@@H](C=C[C@@H](O)C[C@H](C)CCC=C(C)C)[C@@H]2C1. The Balaban J connectivity index is 1.81. The van der Waals surface area contributed by atoms with Crippen molar-refractivity contribution in [2.24, 2.45) is 23.7 Å². The Kier molecular flexibility index (Phi) is 10.1. The van der Waals surface area contributed by atoms with Crippen LogP contribution in [0.2, 0.25) is 0 Å². The summed E-state index contributed by atoms with van der Waals surface area (Å²) < 4.78 is 4.66. The van der Waals surface area contributed by atoms with Gasteiger partial charge in [0.25, 0.3) is 0 Å². The molecule has 2 aliphatic carbocycles. The van der Waals surface area contributed by atoms with Gasteiger partial charge in [0.15, 0.2) is 0 Å². The molecule has 0 aromatic rings. The maximum atomic E-state index is 11.2. The zero-order valence-electron chi connectivity index (χ0n) is 19.1. The van der Waals surface area contributed by atoms with Crippen molar-refractivity contribution in [1.82, 2.24) is 0 Å². The van der Waals surface area contributed by atoms with E-state index in [0.29, 0.717) is 30.6 Å². The van der Waals surface area contributed by atoms with Crippen LogP contribution in [0.4, 0.5) is 0 Å². The Hall–Kier alpha value is -1.65. The van der Waals surface area contributed by atoms with E-state index in [2.05, 4.69) is 49.8 Å². The number of carbonyl (C=O) groups is 1. The van der Waals surface area contributed by atoms with Gasteiger partial charge in [0.05, 0.1) is 19.3 Å². The van der Waals surface area contributed by atoms with Crippen LogP contribution >= 0.6 is 0 Å². The number of hydrogen-bond acceptors (Lipinski definition) is 4. The number of carbonyl (C=O) groups excluding carboxylic acids is 1. The number of fused-ring (bicyclic) bond motifs is 1. The van der Waals surface area contributed by atoms with Crippen molar-refractivity contribution in [3.63, 3.8) is 0 Å². The quantitative estimate of drug-likeness (QED) is 0.362. The normalized spacial score (nSPS) is 27.9. The monoisotopic (exact) mass is 416 g/mol. The van der Waals surface area contributed by atoms with Crippen LogP contribution in [0, 0.1) is 23.7 Å². The molecule has 30 heavy (non-hydrogen) atoms. The molecule has 0 spiro atoms. The molecule has 6 atom stereocenters. The summed E-state index contributed by atoms with van der Waals surface area (Å²) in [6, 6.07) is 0. The van der Waals surface area contributed by atoms with Crippen LogP contribution in [0.15, 0.2) is 47.6 Å². The molecular weight excluding hydrogens is 376 g/mol. The maximum Gasteiger partial charge on any atom is 0.305 e. The lowest BCUT2D eigenvalue weighted by Gasteiger charge is -2.19. The number of aliphatic hydroxyl groups excluding tert-OH is 2. The second kappa shape index (κ2) is 12.3. The number of aliphatic hydroxyl groups is 2. The topological polar surface area (TPSA) is 66.8 Å². The third-order valence-electron chi connectivity index (χ3n) is 6.32. The van der Waals surface area contributed by atoms with Gasteiger partial charge in [-0.25, -0.2) is 0 Å². The molecule has 0 unspecified atom stereocenters. The molecule has 0 aromatic heterocycles. The predicted molar refractivity (Wildman–Crippen MR) is 122 cm³/mol. The summed E-state index contributed by atoms with van der Waals surface area (Å²) in [6.07, 6.45) is 17.6. The van der Waals surface area contributed by atoms with Gasteiger partial charge in [-0.2, -0.15) is 0 Å². The summed E-state index contributed by atoms with van der Waals surface area (Å²) >= 11 is 0. The molecule has 168 valence electrons. The van der Waals surface area contributed by atoms with E-state index in [1.165, 1.54) is 18.3 Å². The molecule has 0 amide bonds. The summed E-state index contributed by atoms with van der Waals surface area (Å²) in [4.78, 5) is 11.2. The Morgan fingerprint density at radius 3 is 2.77 bits per heavy atom. The fourth-order valence-electron chi connectivity index (χ4n) is 4.67. The van der Waals surface area contributed by atoms with Crippen LogP contribution in [0.5, 0.6) is 0 Å². The summed E-state index contributed by atoms with van der Waals surface area (Å²) in [5.41, 5.74) is 2.68. The van der Waals surface area contributed by atoms with Crippen LogP contribution in [-0.2, 0) is 9.53 Å². The number of methoxy groups -OCH3 is 1. The van der Waals surface area contributed by atoms with Crippen LogP contribution < -0.4 is 0 Å². The minimum absolute atomic E-state index is 0.0837. The molecule has 0 radical (unpaired) electrons. The summed E-state index contributed by atoms with van der Waals surface area (Å²) in [6.45, 7) is 6.42. The van der Waals surface area contributed by atoms with E-state index in [0.717, 1.165) is 32.1 Å². The number of esters is 1. The highest BCUT2D eigenvalue weighted by molar-refractivity contribution is 5.69. The second-order valence-corrected chi connectivity index (χ2v) is 9.29. The average Bonchev–Trinajstić information content (AvgIpc) is 3.19. The standard InChI is InChI=1S/C26H40O4/c1-18(2)8-7-9-19(3)14-22(27)12-13-23-24-16-20(15-21(24)17-25(23)28)10-5-6-11-26(29)30-4/h5,8,10,12-13,15,19-20,22-25,27-28H,6-7,9,11,14,16-17H2,1-4H3/t19-,20+,22-,23+,24-,25-/m1/s1. The van der Waals surface area contributed by atoms with Crippen molar-refractivity contribution in [1.29, 1.82) is 0 Å². The first-order valence-electron chi connectivity index (χ1n) is 11.4. The van der Waals surface area contributed by atoms with Crippen molar-refractivity contribution in [2.45, 2.75) is 77.9 Å². The lowest BCUT2D eigenvalue weighted by Crippen LogP contribution is -2.18. The van der Waals surface area contributed by atoms with Crippen molar-refractivity contribution < 1.29 is 19.7 Å². The molecular formula is C26H40O4. The second-order valence-electron chi connectivity index (χ2n) is 9.29. The summed E-state index contributed by atoms with van der Waals surface area (Å²) in [7, 11) is 1.41. The minimum atomic E-state index is -0.456. The van der Waals surface area contributed by atoms with Crippen molar-refractivity contribution in [3.05, 3.63) is 47.6 Å². The van der Waals surface area contributed by atoms with Gasteiger partial charge in [-0.3, -0.25) is 4.79 Å². The van der Waals surface area contributed by atoms with Crippen LogP contribution in [0.1, 0.15) is 65.7 Å². The zero-order valence-corrected chi connectivity index (χ0v) is 19.1. The van der Waals surface area contributed by atoms with E-state index < -0.39 is 6.10 Å². The molecule has 0 aromatic carbocycles. The molecule has 0 aliphatic heterocycles. The molecule has 2 rings (SSSR count). The first-order chi connectivity index (χ1) is 14.3. The molecule has 4 heteroatoms. The van der Waals surface area contributed by atoms with E-state index in [9.17, 15) is 15.0 Å². The average molecular weight is 417 g/mol. The molecule has 1 fully saturated rings. The third-order valence-corrected chi connectivity index (χ3v) is 6.32. The van der Waals surface area contributed by atoms with Crippen LogP contribution in [0.25, 0.3) is 0 Å². The maximum absolute atomic E-state index is 11.2. The lowest BCUT2D eigenvalue weighted by atomic mass is 9.89. The molecule has 0 heterocycles. The third kappa shape index (κ3) is 7.88. The summed E-state index contributed by atoms with van der Waals surface area (Å²) in [5, 5.41) is 20.9. The molecule has 0 bridgehead atoms. The largest absolute Gasteiger partial charge is 0.469 e. The van der Waals surface area contributed by atoms with Crippen molar-refractivity contribution in [2.75, 3.05) is 7.11 Å². The van der Waals surface area contributed by atoms with Gasteiger partial charge in [-0.05, 0) is 70.1 Å². The Morgan fingerprint density at radius 1 is 1.30 bits per heavy atom. The van der Waals surface area contributed by atoms with Gasteiger partial charge in [0.2, 0.25) is 0 Å². The molecule has 4 nitrogen and oxygen atoms in total. The number of hydrogen-bond donors (Lipinski definition) is 2. The minimum Gasteiger partial charge on any atom is -0.469 e. The lowest BCUT2D eigenvalue weighted by molar-refractivity contribution is -0.140. The summed E-state index contributed by atoms with van der Waals surface area (Å²) in [5.74, 6) is 1.09. The van der Waals surface area contributed by atoms with E-state index in [1.807, 2.05) is 12.2 Å². The predicted octanol–water partition coefficient (Wildman–Crippen LogP) is 5.13. The fourth-order valence-corrected chi connectivity index (χ4v) is 4.67. The first-order valence-corrected chi connectivity index (χ1v) is 11.4. The fraction of sp³-hybridized carbons (Fsp3) is 0.654. The van der Waals surface area contributed by atoms with Crippen molar-refractivity contribution >= 4 is 5.97 Å². The highest BCUT2D eigenvalue weighted by atomic mass is 16.5. The zero-order chi connectivity index (χ0) is 22.1. The van der Waals surface area contributed by atoms with Crippen LogP contribution in [0.3, 0.4) is 0 Å². The van der Waals surface area contributed by atoms with E-state index in [-0.39, 0.29) is 18.0 Å². The van der Waals surface area contributed by atoms with Gasteiger partial charge in [-0.1, -0.05) is 54.5 Å². The van der Waals surface area contributed by atoms with Gasteiger partial charge in [0.1, 0.15) is 0 Å². The van der Waals surface area contributed by atoms with E-state index in [4.69, 9.17) is 0 Å². The highest BCUT2D eigenvalue weighted by Crippen LogP contribution is 2.47. The van der Waals surface area contributed by atoms with Gasteiger partial charge in [0, 0.05) is 12.3 Å². The number of ether oxygens (including phenoxy) is 1. The highest BCUT2D eigenvalue weighted by Gasteiger charge is 2.41. The van der Waals surface area contributed by atoms with Gasteiger partial charge in [-0.15, -0.1) is 0 Å². The Labute approximate surface area is 182 Å². The molecule has 2 aliphatic rings. The smallest absolute Gasteiger partial charge is 0.305 e. The number of allylic oxidation sites excluding steroid dienone is 5. The van der Waals surface area contributed by atoms with Crippen LogP contribution in [-0.4, -0.2) is 35.5 Å². The van der Waals surface area contributed by atoms with E-state index in [1.54, 1.807) is 0 Å². The van der Waals surface area contributed by atoms with E-state index >= 15 is 0 Å². The Morgan fingerprint density at radius 2 is 2.07 bits per heavy atom. The first kappa shape index (κ1) is 24.6. The Bertz CT molecular complexity index is 669. The molecule has 0 saturated heterocycles. The van der Waals surface area contributed by atoms with Crippen molar-refractivity contribution in [3.8, 4) is 0 Å².